The molecule has 1 aliphatic heterocycles. The smallest absolute Gasteiger partial charge is 0.190 e. The molecule has 0 saturated carbocycles. The number of hydrogen-bond acceptors (Lipinski definition) is 3. The van der Waals surface area contributed by atoms with E-state index in [1.54, 1.807) is 7.05 Å². The quantitative estimate of drug-likeness (QED) is 0.862. The monoisotopic (exact) mass is 271 g/mol. The highest BCUT2D eigenvalue weighted by Gasteiger charge is 2.17. The van der Waals surface area contributed by atoms with Crippen LogP contribution in [0.4, 0.5) is 8.78 Å². The largest absolute Gasteiger partial charge is 0.488 e. The molecule has 3 nitrogen and oxygen atoms in total. The minimum Gasteiger partial charge on any atom is -0.488 e. The number of rotatable bonds is 6. The summed E-state index contributed by atoms with van der Waals surface area (Å²) >= 11 is 0. The highest BCUT2D eigenvalue weighted by Crippen LogP contribution is 2.24. The van der Waals surface area contributed by atoms with Crippen LogP contribution < -0.4 is 10.1 Å². The van der Waals surface area contributed by atoms with Gasteiger partial charge in [0.1, 0.15) is 0 Å². The van der Waals surface area contributed by atoms with E-state index in [0.29, 0.717) is 18.5 Å². The summed E-state index contributed by atoms with van der Waals surface area (Å²) in [4.78, 5) is 0. The van der Waals surface area contributed by atoms with Crippen LogP contribution in [0.5, 0.6) is 5.75 Å². The lowest BCUT2D eigenvalue weighted by Gasteiger charge is -2.12. The first-order valence-electron chi connectivity index (χ1n) is 6.57. The molecule has 0 radical (unpaired) electrons. The maximum absolute atomic E-state index is 13.7. The predicted octanol–water partition coefficient (Wildman–Crippen LogP) is 2.63. The van der Waals surface area contributed by atoms with E-state index in [4.69, 9.17) is 9.47 Å². The highest BCUT2D eigenvalue weighted by molar-refractivity contribution is 5.31. The van der Waals surface area contributed by atoms with E-state index >= 15 is 0 Å². The van der Waals surface area contributed by atoms with Crippen LogP contribution in [0.1, 0.15) is 24.8 Å². The van der Waals surface area contributed by atoms with E-state index in [0.717, 1.165) is 19.4 Å². The number of ether oxygens (including phenoxy) is 2. The zero-order valence-electron chi connectivity index (χ0n) is 11.0. The van der Waals surface area contributed by atoms with Gasteiger partial charge in [-0.05, 0) is 37.6 Å². The van der Waals surface area contributed by atoms with Crippen LogP contribution in [-0.2, 0) is 11.3 Å². The van der Waals surface area contributed by atoms with Crippen LogP contribution in [0.25, 0.3) is 0 Å². The van der Waals surface area contributed by atoms with Gasteiger partial charge >= 0.3 is 0 Å². The fourth-order valence-corrected chi connectivity index (χ4v) is 2.22. The molecule has 1 heterocycles. The molecule has 19 heavy (non-hydrogen) atoms. The molecule has 1 atom stereocenters. The zero-order valence-corrected chi connectivity index (χ0v) is 11.0. The summed E-state index contributed by atoms with van der Waals surface area (Å²) in [5.74, 6) is -1.60. The van der Waals surface area contributed by atoms with E-state index in [1.807, 2.05) is 0 Å². The topological polar surface area (TPSA) is 30.5 Å². The SMILES string of the molecule is CNCc1cc(F)c(OCCC2CCCO2)c(F)c1. The second-order valence-corrected chi connectivity index (χ2v) is 4.69. The Hall–Kier alpha value is -1.20. The van der Waals surface area contributed by atoms with Crippen LogP contribution >= 0.6 is 0 Å². The summed E-state index contributed by atoms with van der Waals surface area (Å²) in [7, 11) is 1.72. The number of nitrogens with one attached hydrogen (secondary N) is 1. The van der Waals surface area contributed by atoms with Gasteiger partial charge in [0.25, 0.3) is 0 Å². The van der Waals surface area contributed by atoms with Crippen molar-refractivity contribution in [2.24, 2.45) is 0 Å². The van der Waals surface area contributed by atoms with Gasteiger partial charge in [-0.2, -0.15) is 0 Å². The molecular weight excluding hydrogens is 252 g/mol. The summed E-state index contributed by atoms with van der Waals surface area (Å²) in [6.45, 7) is 1.46. The van der Waals surface area contributed by atoms with Gasteiger partial charge in [-0.3, -0.25) is 0 Å². The van der Waals surface area contributed by atoms with Crippen LogP contribution in [0.2, 0.25) is 0 Å². The maximum atomic E-state index is 13.7. The molecule has 106 valence electrons. The van der Waals surface area contributed by atoms with Gasteiger partial charge in [0.15, 0.2) is 17.4 Å². The molecule has 1 aromatic carbocycles. The van der Waals surface area contributed by atoms with Gasteiger partial charge in [0.2, 0.25) is 0 Å². The van der Waals surface area contributed by atoms with Crippen molar-refractivity contribution in [3.8, 4) is 5.75 Å². The molecule has 1 aliphatic rings. The van der Waals surface area contributed by atoms with Gasteiger partial charge < -0.3 is 14.8 Å². The Balaban J connectivity index is 1.91. The molecule has 0 bridgehead atoms. The molecule has 2 rings (SSSR count). The van der Waals surface area contributed by atoms with Crippen molar-refractivity contribution in [2.45, 2.75) is 31.9 Å². The van der Waals surface area contributed by atoms with Crippen molar-refractivity contribution in [3.05, 3.63) is 29.3 Å². The molecular formula is C14H19F2NO2. The van der Waals surface area contributed by atoms with E-state index < -0.39 is 11.6 Å². The van der Waals surface area contributed by atoms with Crippen molar-refractivity contribution >= 4 is 0 Å². The summed E-state index contributed by atoms with van der Waals surface area (Å²) in [6.07, 6.45) is 2.87. The first-order chi connectivity index (χ1) is 9.20. The molecule has 0 aromatic heterocycles. The molecule has 0 spiro atoms. The van der Waals surface area contributed by atoms with Crippen LogP contribution in [0, 0.1) is 11.6 Å². The third-order valence-electron chi connectivity index (χ3n) is 3.15. The molecule has 1 aromatic rings. The second-order valence-electron chi connectivity index (χ2n) is 4.69. The van der Waals surface area contributed by atoms with Crippen molar-refractivity contribution < 1.29 is 18.3 Å². The summed E-state index contributed by atoms with van der Waals surface area (Å²) in [6, 6.07) is 2.59. The predicted molar refractivity (Wildman–Crippen MR) is 68.2 cm³/mol. The zero-order chi connectivity index (χ0) is 13.7. The summed E-state index contributed by atoms with van der Waals surface area (Å²) < 4.78 is 38.1. The fraction of sp³-hybridized carbons (Fsp3) is 0.571. The van der Waals surface area contributed by atoms with Gasteiger partial charge in [-0.25, -0.2) is 8.78 Å². The van der Waals surface area contributed by atoms with Gasteiger partial charge in [0, 0.05) is 19.6 Å². The minimum atomic E-state index is -0.655. The Kier molecular flexibility index (Phi) is 5.10. The average molecular weight is 271 g/mol. The highest BCUT2D eigenvalue weighted by atomic mass is 19.1. The van der Waals surface area contributed by atoms with Crippen molar-refractivity contribution in [1.82, 2.24) is 5.32 Å². The molecule has 5 heteroatoms. The Morgan fingerprint density at radius 3 is 2.68 bits per heavy atom. The lowest BCUT2D eigenvalue weighted by Crippen LogP contribution is -2.12. The number of benzene rings is 1. The van der Waals surface area contributed by atoms with E-state index in [2.05, 4.69) is 5.32 Å². The van der Waals surface area contributed by atoms with Gasteiger partial charge in [-0.15, -0.1) is 0 Å². The third kappa shape index (κ3) is 3.88. The molecule has 0 amide bonds. The van der Waals surface area contributed by atoms with Crippen LogP contribution in [0.3, 0.4) is 0 Å². The number of hydrogen-bond donors (Lipinski definition) is 1. The van der Waals surface area contributed by atoms with Gasteiger partial charge in [-0.1, -0.05) is 0 Å². The van der Waals surface area contributed by atoms with E-state index in [-0.39, 0.29) is 18.5 Å². The van der Waals surface area contributed by atoms with Gasteiger partial charge in [0.05, 0.1) is 12.7 Å². The fourth-order valence-electron chi connectivity index (χ4n) is 2.22. The Morgan fingerprint density at radius 1 is 1.37 bits per heavy atom. The van der Waals surface area contributed by atoms with Crippen molar-refractivity contribution in [3.63, 3.8) is 0 Å². The third-order valence-corrected chi connectivity index (χ3v) is 3.15. The summed E-state index contributed by atoms with van der Waals surface area (Å²) in [5.41, 5.74) is 0.559. The normalized spacial score (nSPS) is 18.8. The summed E-state index contributed by atoms with van der Waals surface area (Å²) in [5, 5.41) is 2.85. The maximum Gasteiger partial charge on any atom is 0.190 e. The van der Waals surface area contributed by atoms with Crippen molar-refractivity contribution in [2.75, 3.05) is 20.3 Å². The Morgan fingerprint density at radius 2 is 2.11 bits per heavy atom. The molecule has 1 unspecified atom stereocenters. The van der Waals surface area contributed by atoms with Crippen molar-refractivity contribution in [1.29, 1.82) is 0 Å². The minimum absolute atomic E-state index is 0.162. The second kappa shape index (κ2) is 6.82. The lowest BCUT2D eigenvalue weighted by atomic mass is 10.2. The molecule has 0 aliphatic carbocycles. The lowest BCUT2D eigenvalue weighted by molar-refractivity contribution is 0.0890. The number of halogens is 2. The first kappa shape index (κ1) is 14.2. The molecule has 1 fully saturated rings. The van der Waals surface area contributed by atoms with Crippen LogP contribution in [0.15, 0.2) is 12.1 Å². The first-order valence-corrected chi connectivity index (χ1v) is 6.57. The standard InChI is InChI=1S/C14H19F2NO2/c1-17-9-10-7-12(15)14(13(16)8-10)19-6-4-11-3-2-5-18-11/h7-8,11,17H,2-6,9H2,1H3. The Labute approximate surface area is 111 Å². The molecule has 1 N–H and O–H groups in total. The van der Waals surface area contributed by atoms with E-state index in [1.165, 1.54) is 12.1 Å². The average Bonchev–Trinajstić information content (AvgIpc) is 2.86. The van der Waals surface area contributed by atoms with Crippen LogP contribution in [-0.4, -0.2) is 26.4 Å². The van der Waals surface area contributed by atoms with E-state index in [9.17, 15) is 8.78 Å². The Bertz CT molecular complexity index is 397. The molecule has 1 saturated heterocycles.